The Morgan fingerprint density at radius 1 is 1.00 bits per heavy atom. The number of carbonyl (C=O) groups is 1. The lowest BCUT2D eigenvalue weighted by Gasteiger charge is -2.02. The summed E-state index contributed by atoms with van der Waals surface area (Å²) in [5.74, 6) is -0.593. The molecule has 118 valence electrons. The number of ether oxygens (including phenoxy) is 1. The molecule has 1 atom stereocenters. The fourth-order valence-corrected chi connectivity index (χ4v) is 2.17. The molecule has 0 saturated carbocycles. The second kappa shape index (κ2) is 14.6. The van der Waals surface area contributed by atoms with Crippen LogP contribution in [0.15, 0.2) is 12.2 Å². The maximum atomic E-state index is 10.9. The molecule has 0 aromatic carbocycles. The minimum Gasteiger partial charge on any atom is -0.467 e. The third-order valence-corrected chi connectivity index (χ3v) is 3.49. The predicted octanol–water partition coefficient (Wildman–Crippen LogP) is 4.39. The van der Waals surface area contributed by atoms with Crippen LogP contribution in [0.1, 0.15) is 77.6 Å². The van der Waals surface area contributed by atoms with Gasteiger partial charge in [0.1, 0.15) is 0 Å². The molecule has 0 spiro atoms. The third kappa shape index (κ3) is 12.2. The highest BCUT2D eigenvalue weighted by Gasteiger charge is 2.09. The van der Waals surface area contributed by atoms with E-state index < -0.39 is 12.1 Å². The maximum Gasteiger partial charge on any atom is 0.338 e. The average molecular weight is 284 g/mol. The lowest BCUT2D eigenvalue weighted by atomic mass is 10.1. The summed E-state index contributed by atoms with van der Waals surface area (Å²) >= 11 is 0. The first-order valence-electron chi connectivity index (χ1n) is 8.15. The van der Waals surface area contributed by atoms with Crippen LogP contribution in [0, 0.1) is 0 Å². The SMILES string of the molecule is CCCCCCCCCCCC/C=C/C(O)C(=O)OC. The van der Waals surface area contributed by atoms with E-state index in [0.717, 1.165) is 12.8 Å². The summed E-state index contributed by atoms with van der Waals surface area (Å²) < 4.78 is 4.43. The van der Waals surface area contributed by atoms with E-state index in [0.29, 0.717) is 0 Å². The molecule has 1 unspecified atom stereocenters. The van der Waals surface area contributed by atoms with Gasteiger partial charge in [0.05, 0.1) is 7.11 Å². The molecule has 3 heteroatoms. The molecule has 0 radical (unpaired) electrons. The zero-order chi connectivity index (χ0) is 15.1. The fraction of sp³-hybridized carbons (Fsp3) is 0.824. The van der Waals surface area contributed by atoms with Gasteiger partial charge < -0.3 is 9.84 Å². The Morgan fingerprint density at radius 2 is 1.50 bits per heavy atom. The molecule has 0 aromatic heterocycles. The van der Waals surface area contributed by atoms with E-state index in [-0.39, 0.29) is 0 Å². The molecule has 0 amide bonds. The normalized spacial score (nSPS) is 12.8. The second-order valence-corrected chi connectivity index (χ2v) is 5.37. The number of rotatable bonds is 13. The van der Waals surface area contributed by atoms with Crippen LogP contribution in [-0.4, -0.2) is 24.3 Å². The quantitative estimate of drug-likeness (QED) is 0.310. The molecule has 0 rings (SSSR count). The Labute approximate surface area is 124 Å². The number of aliphatic hydroxyl groups is 1. The molecule has 3 nitrogen and oxygen atoms in total. The van der Waals surface area contributed by atoms with Crippen molar-refractivity contribution in [1.82, 2.24) is 0 Å². The van der Waals surface area contributed by atoms with Gasteiger partial charge in [-0.05, 0) is 18.9 Å². The van der Waals surface area contributed by atoms with Gasteiger partial charge in [0.15, 0.2) is 6.10 Å². The van der Waals surface area contributed by atoms with Crippen LogP contribution >= 0.6 is 0 Å². The lowest BCUT2D eigenvalue weighted by molar-refractivity contribution is -0.147. The van der Waals surface area contributed by atoms with Crippen molar-refractivity contribution in [3.63, 3.8) is 0 Å². The summed E-state index contributed by atoms with van der Waals surface area (Å²) in [5, 5.41) is 9.32. The zero-order valence-electron chi connectivity index (χ0n) is 13.3. The van der Waals surface area contributed by atoms with Gasteiger partial charge in [-0.2, -0.15) is 0 Å². The standard InChI is InChI=1S/C17H32O3/c1-3-4-5-6-7-8-9-10-11-12-13-14-15-16(18)17(19)20-2/h14-16,18H,3-13H2,1-2H3/b15-14+. The van der Waals surface area contributed by atoms with Crippen LogP contribution in [0.3, 0.4) is 0 Å². The molecule has 0 saturated heterocycles. The molecular formula is C17H32O3. The summed E-state index contributed by atoms with van der Waals surface area (Å²) in [6, 6.07) is 0. The molecule has 0 aliphatic heterocycles. The lowest BCUT2D eigenvalue weighted by Crippen LogP contribution is -2.18. The van der Waals surface area contributed by atoms with E-state index in [4.69, 9.17) is 0 Å². The van der Waals surface area contributed by atoms with Crippen LogP contribution < -0.4 is 0 Å². The van der Waals surface area contributed by atoms with Crippen LogP contribution in [0.2, 0.25) is 0 Å². The highest BCUT2D eigenvalue weighted by atomic mass is 16.5. The molecular weight excluding hydrogens is 252 g/mol. The number of methoxy groups -OCH3 is 1. The molecule has 0 aliphatic rings. The van der Waals surface area contributed by atoms with Gasteiger partial charge >= 0.3 is 5.97 Å². The van der Waals surface area contributed by atoms with E-state index in [1.807, 2.05) is 6.08 Å². The van der Waals surface area contributed by atoms with Crippen LogP contribution in [0.4, 0.5) is 0 Å². The van der Waals surface area contributed by atoms with Crippen molar-refractivity contribution >= 4 is 5.97 Å². The van der Waals surface area contributed by atoms with Crippen molar-refractivity contribution in [3.8, 4) is 0 Å². The van der Waals surface area contributed by atoms with Crippen molar-refractivity contribution in [1.29, 1.82) is 0 Å². The maximum absolute atomic E-state index is 10.9. The molecule has 20 heavy (non-hydrogen) atoms. The number of unbranched alkanes of at least 4 members (excludes halogenated alkanes) is 10. The van der Waals surface area contributed by atoms with Crippen molar-refractivity contribution < 1.29 is 14.6 Å². The summed E-state index contributed by atoms with van der Waals surface area (Å²) in [7, 11) is 1.28. The first-order chi connectivity index (χ1) is 9.72. The monoisotopic (exact) mass is 284 g/mol. The topological polar surface area (TPSA) is 46.5 Å². The van der Waals surface area contributed by atoms with Crippen molar-refractivity contribution in [2.24, 2.45) is 0 Å². The average Bonchev–Trinajstić information content (AvgIpc) is 2.47. The first-order valence-corrected chi connectivity index (χ1v) is 8.15. The largest absolute Gasteiger partial charge is 0.467 e. The number of esters is 1. The summed E-state index contributed by atoms with van der Waals surface area (Å²) in [4.78, 5) is 10.9. The molecule has 0 bridgehead atoms. The summed E-state index contributed by atoms with van der Waals surface area (Å²) in [5.41, 5.74) is 0. The zero-order valence-corrected chi connectivity index (χ0v) is 13.3. The Kier molecular flexibility index (Phi) is 14.0. The molecule has 0 heterocycles. The highest BCUT2D eigenvalue weighted by Crippen LogP contribution is 2.11. The van der Waals surface area contributed by atoms with Crippen molar-refractivity contribution in [3.05, 3.63) is 12.2 Å². The van der Waals surface area contributed by atoms with E-state index in [1.54, 1.807) is 0 Å². The number of hydrogen-bond donors (Lipinski definition) is 1. The van der Waals surface area contributed by atoms with Crippen LogP contribution in [-0.2, 0) is 9.53 Å². The first kappa shape index (κ1) is 19.2. The third-order valence-electron chi connectivity index (χ3n) is 3.49. The van der Waals surface area contributed by atoms with Gasteiger partial charge in [0.2, 0.25) is 0 Å². The van der Waals surface area contributed by atoms with Gasteiger partial charge in [0.25, 0.3) is 0 Å². The van der Waals surface area contributed by atoms with Crippen molar-refractivity contribution in [2.75, 3.05) is 7.11 Å². The Balaban J connectivity index is 3.24. The van der Waals surface area contributed by atoms with E-state index in [1.165, 1.54) is 71.0 Å². The Morgan fingerprint density at radius 3 is 2.00 bits per heavy atom. The van der Waals surface area contributed by atoms with Crippen molar-refractivity contribution in [2.45, 2.75) is 83.7 Å². The predicted molar refractivity (Wildman–Crippen MR) is 83.6 cm³/mol. The van der Waals surface area contributed by atoms with Gasteiger partial charge in [-0.3, -0.25) is 0 Å². The fourth-order valence-electron chi connectivity index (χ4n) is 2.17. The van der Waals surface area contributed by atoms with Gasteiger partial charge in [-0.25, -0.2) is 4.79 Å². The number of hydrogen-bond acceptors (Lipinski definition) is 3. The number of carbonyl (C=O) groups excluding carboxylic acids is 1. The summed E-state index contributed by atoms with van der Waals surface area (Å²) in [6.45, 7) is 2.25. The second-order valence-electron chi connectivity index (χ2n) is 5.37. The Hall–Kier alpha value is -0.830. The minimum absolute atomic E-state index is 0.593. The molecule has 0 fully saturated rings. The Bertz CT molecular complexity index is 249. The van der Waals surface area contributed by atoms with Gasteiger partial charge in [-0.1, -0.05) is 70.8 Å². The van der Waals surface area contributed by atoms with Gasteiger partial charge in [0, 0.05) is 0 Å². The number of aliphatic hydroxyl groups excluding tert-OH is 1. The van der Waals surface area contributed by atoms with Crippen LogP contribution in [0.5, 0.6) is 0 Å². The minimum atomic E-state index is -1.11. The van der Waals surface area contributed by atoms with E-state index in [2.05, 4.69) is 11.7 Å². The molecule has 1 N–H and O–H groups in total. The number of allylic oxidation sites excluding steroid dienone is 1. The highest BCUT2D eigenvalue weighted by molar-refractivity contribution is 5.76. The van der Waals surface area contributed by atoms with E-state index in [9.17, 15) is 9.90 Å². The molecule has 0 aromatic rings. The molecule has 0 aliphatic carbocycles. The van der Waals surface area contributed by atoms with Gasteiger partial charge in [-0.15, -0.1) is 0 Å². The van der Waals surface area contributed by atoms with Crippen LogP contribution in [0.25, 0.3) is 0 Å². The smallest absolute Gasteiger partial charge is 0.338 e. The summed E-state index contributed by atoms with van der Waals surface area (Å²) in [6.07, 6.45) is 16.4. The van der Waals surface area contributed by atoms with E-state index >= 15 is 0 Å².